The molecule has 0 spiro atoms. The van der Waals surface area contributed by atoms with E-state index < -0.39 is 5.41 Å². The smallest absolute Gasteiger partial charge is 0.143 e. The molecule has 1 aromatic carbocycles. The van der Waals surface area contributed by atoms with Gasteiger partial charge in [0.1, 0.15) is 5.78 Å². The molecule has 0 unspecified atom stereocenters. The Kier molecular flexibility index (Phi) is 5.21. The first-order valence-corrected chi connectivity index (χ1v) is 7.98. The van der Waals surface area contributed by atoms with Gasteiger partial charge in [0.05, 0.1) is 0 Å². The van der Waals surface area contributed by atoms with Gasteiger partial charge in [-0.05, 0) is 65.5 Å². The van der Waals surface area contributed by atoms with E-state index in [1.54, 1.807) is 0 Å². The number of aryl methyl sites for hydroxylation is 1. The minimum atomic E-state index is -0.403. The molecule has 0 aliphatic carbocycles. The van der Waals surface area contributed by atoms with Gasteiger partial charge < -0.3 is 0 Å². The highest BCUT2D eigenvalue weighted by Gasteiger charge is 2.32. The second-order valence-corrected chi connectivity index (χ2v) is 8.11. The minimum absolute atomic E-state index is 0.0465. The van der Waals surface area contributed by atoms with E-state index in [0.717, 1.165) is 12.0 Å². The molecule has 0 aliphatic heterocycles. The second kappa shape index (κ2) is 5.94. The van der Waals surface area contributed by atoms with Gasteiger partial charge in [-0.2, -0.15) is 0 Å². The first kappa shape index (κ1) is 16.7. The van der Waals surface area contributed by atoms with E-state index in [2.05, 4.69) is 68.5 Å². The zero-order valence-electron chi connectivity index (χ0n) is 12.9. The maximum Gasteiger partial charge on any atom is 0.143 e. The van der Waals surface area contributed by atoms with E-state index in [-0.39, 0.29) is 5.41 Å². The van der Waals surface area contributed by atoms with Crippen LogP contribution in [0.15, 0.2) is 18.2 Å². The minimum Gasteiger partial charge on any atom is -0.299 e. The molecule has 1 nitrogen and oxygen atoms in total. The summed E-state index contributed by atoms with van der Waals surface area (Å²) in [5, 5.41) is 0. The topological polar surface area (TPSA) is 17.1 Å². The van der Waals surface area contributed by atoms with Crippen LogP contribution < -0.4 is 0 Å². The summed E-state index contributed by atoms with van der Waals surface area (Å²) in [6.07, 6.45) is 1.65. The Morgan fingerprint density at radius 1 is 1.16 bits per heavy atom. The number of hydrogen-bond acceptors (Lipinski definition) is 1. The van der Waals surface area contributed by atoms with Gasteiger partial charge in [0.25, 0.3) is 0 Å². The van der Waals surface area contributed by atoms with E-state index in [9.17, 15) is 4.79 Å². The van der Waals surface area contributed by atoms with Crippen LogP contribution in [0.2, 0.25) is 0 Å². The molecule has 19 heavy (non-hydrogen) atoms. The van der Waals surface area contributed by atoms with E-state index in [4.69, 9.17) is 0 Å². The Morgan fingerprint density at radius 3 is 2.16 bits per heavy atom. The lowest BCUT2D eigenvalue weighted by atomic mass is 9.74. The monoisotopic (exact) mass is 372 g/mol. The third-order valence-electron chi connectivity index (χ3n) is 3.54. The molecule has 1 aromatic rings. The van der Waals surface area contributed by atoms with E-state index in [0.29, 0.717) is 12.2 Å². The van der Waals surface area contributed by atoms with Crippen molar-refractivity contribution in [3.8, 4) is 0 Å². The van der Waals surface area contributed by atoms with Crippen LogP contribution in [-0.2, 0) is 16.6 Å². The molecular formula is C17H25IO. The fourth-order valence-electron chi connectivity index (χ4n) is 2.09. The van der Waals surface area contributed by atoms with Crippen molar-refractivity contribution in [3.63, 3.8) is 0 Å². The lowest BCUT2D eigenvalue weighted by Crippen LogP contribution is -2.32. The molecule has 0 heterocycles. The van der Waals surface area contributed by atoms with Crippen molar-refractivity contribution in [2.75, 3.05) is 0 Å². The van der Waals surface area contributed by atoms with Crippen molar-refractivity contribution in [3.05, 3.63) is 32.9 Å². The van der Waals surface area contributed by atoms with Gasteiger partial charge in [-0.3, -0.25) is 4.79 Å². The lowest BCUT2D eigenvalue weighted by molar-refractivity contribution is -0.125. The average molecular weight is 372 g/mol. The van der Waals surface area contributed by atoms with Gasteiger partial charge in [-0.15, -0.1) is 0 Å². The van der Waals surface area contributed by atoms with Crippen LogP contribution in [0.1, 0.15) is 59.1 Å². The van der Waals surface area contributed by atoms with Crippen molar-refractivity contribution in [1.29, 1.82) is 0 Å². The Bertz CT molecular complexity index is 467. The standard InChI is InChI=1S/C17H25IO/c1-7-12-8-9-13(10-14(12)18)17(5,6)15(19)11-16(2,3)4/h8-10H,7,11H2,1-6H3. The van der Waals surface area contributed by atoms with Crippen molar-refractivity contribution >= 4 is 28.4 Å². The molecule has 0 aliphatic rings. The van der Waals surface area contributed by atoms with Crippen LogP contribution >= 0.6 is 22.6 Å². The number of carbonyl (C=O) groups is 1. The highest BCUT2D eigenvalue weighted by Crippen LogP contribution is 2.32. The van der Waals surface area contributed by atoms with Crippen LogP contribution in [0.25, 0.3) is 0 Å². The molecule has 0 atom stereocenters. The normalized spacial score (nSPS) is 12.6. The summed E-state index contributed by atoms with van der Waals surface area (Å²) in [7, 11) is 0. The van der Waals surface area contributed by atoms with Crippen molar-refractivity contribution in [1.82, 2.24) is 0 Å². The molecule has 0 amide bonds. The van der Waals surface area contributed by atoms with Crippen LogP contribution in [0.5, 0.6) is 0 Å². The molecule has 0 fully saturated rings. The maximum atomic E-state index is 12.5. The van der Waals surface area contributed by atoms with Gasteiger partial charge in [0, 0.05) is 15.4 Å². The van der Waals surface area contributed by atoms with Crippen molar-refractivity contribution in [2.45, 2.75) is 59.8 Å². The van der Waals surface area contributed by atoms with Gasteiger partial charge >= 0.3 is 0 Å². The second-order valence-electron chi connectivity index (χ2n) is 6.95. The summed E-state index contributed by atoms with van der Waals surface area (Å²) in [6, 6.07) is 6.44. The number of halogens is 1. The summed E-state index contributed by atoms with van der Waals surface area (Å²) >= 11 is 2.37. The first-order chi connectivity index (χ1) is 8.58. The van der Waals surface area contributed by atoms with Gasteiger partial charge in [-0.25, -0.2) is 0 Å². The fraction of sp³-hybridized carbons (Fsp3) is 0.588. The Morgan fingerprint density at radius 2 is 1.74 bits per heavy atom. The quantitative estimate of drug-likeness (QED) is 0.669. The number of benzene rings is 1. The molecule has 2 heteroatoms. The Labute approximate surface area is 131 Å². The summed E-state index contributed by atoms with van der Waals surface area (Å²) in [6.45, 7) is 12.6. The van der Waals surface area contributed by atoms with Crippen molar-refractivity contribution in [2.24, 2.45) is 5.41 Å². The van der Waals surface area contributed by atoms with Gasteiger partial charge in [-0.1, -0.05) is 39.8 Å². The van der Waals surface area contributed by atoms with E-state index >= 15 is 0 Å². The molecular weight excluding hydrogens is 347 g/mol. The number of hydrogen-bond donors (Lipinski definition) is 0. The number of rotatable bonds is 4. The lowest BCUT2D eigenvalue weighted by Gasteiger charge is -2.28. The number of carbonyl (C=O) groups excluding carboxylic acids is 1. The van der Waals surface area contributed by atoms with Crippen LogP contribution in [0.3, 0.4) is 0 Å². The fourth-order valence-corrected chi connectivity index (χ4v) is 2.98. The highest BCUT2D eigenvalue weighted by molar-refractivity contribution is 14.1. The number of Topliss-reactive ketones (excluding diaryl/α,β-unsaturated/α-hetero) is 1. The van der Waals surface area contributed by atoms with Gasteiger partial charge in [0.2, 0.25) is 0 Å². The largest absolute Gasteiger partial charge is 0.299 e. The third kappa shape index (κ3) is 4.30. The summed E-state index contributed by atoms with van der Waals surface area (Å²) < 4.78 is 1.26. The Hall–Kier alpha value is -0.380. The van der Waals surface area contributed by atoms with Crippen LogP contribution in [0.4, 0.5) is 0 Å². The van der Waals surface area contributed by atoms with Crippen LogP contribution in [-0.4, -0.2) is 5.78 Å². The molecule has 0 aromatic heterocycles. The molecule has 0 radical (unpaired) electrons. The third-order valence-corrected chi connectivity index (χ3v) is 4.55. The zero-order valence-corrected chi connectivity index (χ0v) is 15.1. The number of ketones is 1. The van der Waals surface area contributed by atoms with E-state index in [1.165, 1.54) is 9.13 Å². The zero-order chi connectivity index (χ0) is 14.8. The van der Waals surface area contributed by atoms with Crippen LogP contribution in [0, 0.1) is 8.99 Å². The van der Waals surface area contributed by atoms with E-state index in [1.807, 2.05) is 13.8 Å². The average Bonchev–Trinajstić information content (AvgIpc) is 2.26. The summed E-state index contributed by atoms with van der Waals surface area (Å²) in [5.41, 5.74) is 2.12. The molecule has 0 saturated heterocycles. The molecule has 106 valence electrons. The Balaban J connectivity index is 3.06. The first-order valence-electron chi connectivity index (χ1n) is 6.90. The van der Waals surface area contributed by atoms with Gasteiger partial charge in [0.15, 0.2) is 0 Å². The predicted octanol–water partition coefficient (Wildman–Crippen LogP) is 5.14. The molecule has 0 N–H and O–H groups in total. The molecule has 0 bridgehead atoms. The maximum absolute atomic E-state index is 12.5. The molecule has 0 saturated carbocycles. The molecule has 1 rings (SSSR count). The highest BCUT2D eigenvalue weighted by atomic mass is 127. The summed E-state index contributed by atoms with van der Waals surface area (Å²) in [5.74, 6) is 0.319. The predicted molar refractivity (Wildman–Crippen MR) is 90.6 cm³/mol. The summed E-state index contributed by atoms with van der Waals surface area (Å²) in [4.78, 5) is 12.5. The SMILES string of the molecule is CCc1ccc(C(C)(C)C(=O)CC(C)(C)C)cc1I. The van der Waals surface area contributed by atoms with Crippen molar-refractivity contribution < 1.29 is 4.79 Å².